The molecule has 6 nitrogen and oxygen atoms in total. The van der Waals surface area contributed by atoms with Gasteiger partial charge in [0.1, 0.15) is 5.82 Å². The van der Waals surface area contributed by atoms with Crippen molar-refractivity contribution in [1.29, 1.82) is 5.26 Å². The fourth-order valence-corrected chi connectivity index (χ4v) is 7.89. The molecule has 0 spiro atoms. The Labute approximate surface area is 258 Å². The van der Waals surface area contributed by atoms with Crippen LogP contribution in [0.2, 0.25) is 0 Å². The summed E-state index contributed by atoms with van der Waals surface area (Å²) in [5.41, 5.74) is 5.27. The molecule has 2 aromatic carbocycles. The third-order valence-electron chi connectivity index (χ3n) is 10.3. The Balaban J connectivity index is 1.23. The summed E-state index contributed by atoms with van der Waals surface area (Å²) >= 11 is 0. The lowest BCUT2D eigenvalue weighted by molar-refractivity contribution is 0.194. The molecular formula is C37H49N5O. The van der Waals surface area contributed by atoms with Gasteiger partial charge in [0.05, 0.1) is 24.8 Å². The van der Waals surface area contributed by atoms with Crippen LogP contribution in [0.5, 0.6) is 6.01 Å². The van der Waals surface area contributed by atoms with Crippen LogP contribution in [0.3, 0.4) is 0 Å². The quantitative estimate of drug-likeness (QED) is 0.253. The summed E-state index contributed by atoms with van der Waals surface area (Å²) in [6.07, 6.45) is 13.6. The molecule has 43 heavy (non-hydrogen) atoms. The van der Waals surface area contributed by atoms with Gasteiger partial charge < -0.3 is 15.0 Å². The Morgan fingerprint density at radius 2 is 1.95 bits per heavy atom. The normalized spacial score (nSPS) is 24.0. The summed E-state index contributed by atoms with van der Waals surface area (Å²) in [7, 11) is 0. The van der Waals surface area contributed by atoms with Crippen LogP contribution in [-0.2, 0) is 19.3 Å². The van der Waals surface area contributed by atoms with Crippen LogP contribution in [0.25, 0.3) is 10.8 Å². The Morgan fingerprint density at radius 1 is 1.07 bits per heavy atom. The largest absolute Gasteiger partial charge is 0.463 e. The average Bonchev–Trinajstić information content (AvgIpc) is 3.38. The van der Waals surface area contributed by atoms with Crippen LogP contribution in [0.15, 0.2) is 36.4 Å². The second kappa shape index (κ2) is 14.1. The van der Waals surface area contributed by atoms with Crippen molar-refractivity contribution in [2.45, 2.75) is 96.9 Å². The van der Waals surface area contributed by atoms with Crippen molar-refractivity contribution >= 4 is 16.6 Å². The van der Waals surface area contributed by atoms with Gasteiger partial charge in [-0.15, -0.1) is 0 Å². The number of aromatic nitrogens is 2. The Hall–Kier alpha value is -3.17. The molecule has 0 radical (unpaired) electrons. The molecule has 0 bridgehead atoms. The molecule has 2 aliphatic carbocycles. The summed E-state index contributed by atoms with van der Waals surface area (Å²) in [5.74, 6) is 3.05. The van der Waals surface area contributed by atoms with E-state index in [1.807, 2.05) is 0 Å². The maximum atomic E-state index is 9.38. The highest BCUT2D eigenvalue weighted by molar-refractivity contribution is 5.86. The lowest BCUT2D eigenvalue weighted by Crippen LogP contribution is -2.51. The maximum absolute atomic E-state index is 9.38. The van der Waals surface area contributed by atoms with Gasteiger partial charge in [-0.2, -0.15) is 15.2 Å². The van der Waals surface area contributed by atoms with Crippen LogP contribution < -0.4 is 15.0 Å². The fourth-order valence-electron chi connectivity index (χ4n) is 7.89. The molecule has 1 aliphatic heterocycles. The van der Waals surface area contributed by atoms with Crippen LogP contribution in [0, 0.1) is 36.0 Å². The number of rotatable bonds is 10. The van der Waals surface area contributed by atoms with Crippen LogP contribution in [-0.4, -0.2) is 42.3 Å². The first-order valence-electron chi connectivity index (χ1n) is 17.0. The van der Waals surface area contributed by atoms with Gasteiger partial charge in [-0.25, -0.2) is 0 Å². The maximum Gasteiger partial charge on any atom is 0.318 e. The van der Waals surface area contributed by atoms with Gasteiger partial charge in [0.15, 0.2) is 0 Å². The minimum atomic E-state index is 0.167. The van der Waals surface area contributed by atoms with E-state index in [1.54, 1.807) is 0 Å². The highest BCUT2D eigenvalue weighted by atomic mass is 16.5. The molecule has 6 heteroatoms. The number of benzene rings is 2. The van der Waals surface area contributed by atoms with Crippen molar-refractivity contribution in [1.82, 2.24) is 15.3 Å². The van der Waals surface area contributed by atoms with Gasteiger partial charge >= 0.3 is 6.01 Å². The Kier molecular flexibility index (Phi) is 9.78. The lowest BCUT2D eigenvalue weighted by atomic mass is 9.89. The summed E-state index contributed by atoms with van der Waals surface area (Å²) in [6.45, 7) is 7.77. The first-order chi connectivity index (χ1) is 21.1. The summed E-state index contributed by atoms with van der Waals surface area (Å²) in [5, 5.41) is 15.6. The number of hydrogen-bond acceptors (Lipinski definition) is 6. The molecule has 6 rings (SSSR count). The van der Waals surface area contributed by atoms with E-state index in [-0.39, 0.29) is 6.04 Å². The molecular weight excluding hydrogens is 530 g/mol. The summed E-state index contributed by atoms with van der Waals surface area (Å²) < 4.78 is 6.48. The lowest BCUT2D eigenvalue weighted by Gasteiger charge is -2.35. The number of hydrogen-bond donors (Lipinski definition) is 1. The predicted octanol–water partition coefficient (Wildman–Crippen LogP) is 7.35. The monoisotopic (exact) mass is 579 g/mol. The molecule has 228 valence electrons. The third kappa shape index (κ3) is 7.15. The molecule has 1 saturated heterocycles. The molecule has 1 saturated carbocycles. The Bertz CT molecular complexity index is 1430. The zero-order valence-corrected chi connectivity index (χ0v) is 26.3. The summed E-state index contributed by atoms with van der Waals surface area (Å²) in [4.78, 5) is 12.6. The zero-order chi connectivity index (χ0) is 29.6. The number of nitrogens with zero attached hydrogens (tertiary/aromatic N) is 4. The van der Waals surface area contributed by atoms with Gasteiger partial charge in [-0.1, -0.05) is 81.0 Å². The van der Waals surface area contributed by atoms with Gasteiger partial charge in [0.2, 0.25) is 0 Å². The molecule has 1 N–H and O–H groups in total. The SMILES string of the molecule is CCCCC1CCC[C@H]1COc1nc2c(c(N3CCNC(CC#N)C3)n1)CCC(Cc1cccc3ccc(C)cc13)CC2. The van der Waals surface area contributed by atoms with Crippen molar-refractivity contribution in [2.24, 2.45) is 17.8 Å². The van der Waals surface area contributed by atoms with E-state index in [1.165, 1.54) is 71.7 Å². The zero-order valence-electron chi connectivity index (χ0n) is 26.3. The Morgan fingerprint density at radius 3 is 2.84 bits per heavy atom. The van der Waals surface area contributed by atoms with Crippen molar-refractivity contribution in [2.75, 3.05) is 31.1 Å². The number of piperazine rings is 1. The number of unbranched alkanes of at least 4 members (excludes halogenated alkanes) is 1. The van der Waals surface area contributed by atoms with E-state index in [0.717, 1.165) is 70.1 Å². The molecule has 3 unspecified atom stereocenters. The van der Waals surface area contributed by atoms with E-state index in [4.69, 9.17) is 14.7 Å². The van der Waals surface area contributed by atoms with E-state index in [9.17, 15) is 5.26 Å². The standard InChI is InChI=1S/C37H49N5O/c1-3-4-7-28-8-5-11-31(28)25-43-37-40-35-17-14-27(23-30-10-6-9-29-15-12-26(2)22-34(29)30)13-16-33(35)36(41-37)42-21-20-39-32(24-42)18-19-38/h6,9-10,12,15,22,27-28,31-32,39H,3-5,7-8,11,13-14,16-18,20-21,23-25H2,1-2H3/t27?,28?,31-,32?/m0/s1. The van der Waals surface area contributed by atoms with Crippen molar-refractivity contribution in [3.63, 3.8) is 0 Å². The predicted molar refractivity (Wildman–Crippen MR) is 175 cm³/mol. The minimum Gasteiger partial charge on any atom is -0.463 e. The van der Waals surface area contributed by atoms with Gasteiger partial charge in [0.25, 0.3) is 0 Å². The number of nitriles is 1. The molecule has 1 aromatic heterocycles. The molecule has 2 heterocycles. The molecule has 2 fully saturated rings. The second-order valence-electron chi connectivity index (χ2n) is 13.4. The van der Waals surface area contributed by atoms with Gasteiger partial charge in [-0.3, -0.25) is 0 Å². The molecule has 3 aromatic rings. The van der Waals surface area contributed by atoms with Gasteiger partial charge in [0, 0.05) is 31.2 Å². The highest BCUT2D eigenvalue weighted by Gasteiger charge is 2.30. The number of anilines is 1. The van der Waals surface area contributed by atoms with Crippen LogP contribution in [0.1, 0.15) is 87.1 Å². The number of aryl methyl sites for hydroxylation is 2. The van der Waals surface area contributed by atoms with E-state index >= 15 is 0 Å². The van der Waals surface area contributed by atoms with Crippen molar-refractivity contribution in [3.05, 3.63) is 58.8 Å². The first-order valence-corrected chi connectivity index (χ1v) is 17.0. The number of ether oxygens (including phenoxy) is 1. The van der Waals surface area contributed by atoms with E-state index < -0.39 is 0 Å². The topological polar surface area (TPSA) is 74.1 Å². The second-order valence-corrected chi connectivity index (χ2v) is 13.4. The van der Waals surface area contributed by atoms with Crippen molar-refractivity contribution in [3.8, 4) is 12.1 Å². The van der Waals surface area contributed by atoms with Crippen molar-refractivity contribution < 1.29 is 4.74 Å². The fraction of sp³-hybridized carbons (Fsp3) is 0.595. The summed E-state index contributed by atoms with van der Waals surface area (Å²) in [6, 6.07) is 16.7. The third-order valence-corrected chi connectivity index (χ3v) is 10.3. The molecule has 0 amide bonds. The van der Waals surface area contributed by atoms with Gasteiger partial charge in [-0.05, 0) is 79.5 Å². The van der Waals surface area contributed by atoms with Crippen LogP contribution in [0.4, 0.5) is 5.82 Å². The minimum absolute atomic E-state index is 0.167. The first kappa shape index (κ1) is 29.9. The number of fused-ring (bicyclic) bond motifs is 2. The molecule has 4 atom stereocenters. The van der Waals surface area contributed by atoms with E-state index in [0.29, 0.717) is 24.3 Å². The smallest absolute Gasteiger partial charge is 0.318 e. The van der Waals surface area contributed by atoms with Crippen LogP contribution >= 0.6 is 0 Å². The van der Waals surface area contributed by atoms with E-state index in [2.05, 4.69) is 66.5 Å². The average molecular weight is 580 g/mol. The molecule has 3 aliphatic rings. The number of nitrogens with one attached hydrogen (secondary N) is 1. The highest BCUT2D eigenvalue weighted by Crippen LogP contribution is 2.37.